The van der Waals surface area contributed by atoms with Gasteiger partial charge in [0.25, 0.3) is 0 Å². The molecule has 0 radical (unpaired) electrons. The van der Waals surface area contributed by atoms with Crippen molar-refractivity contribution in [2.24, 2.45) is 0 Å². The number of pyridine rings is 1. The average molecular weight is 363 g/mol. The molecule has 0 aliphatic heterocycles. The van der Waals surface area contributed by atoms with Gasteiger partial charge < -0.3 is 10.1 Å². The fraction of sp³-hybridized carbons (Fsp3) is 0.300. The van der Waals surface area contributed by atoms with Crippen LogP contribution < -0.4 is 10.1 Å². The number of carbonyl (C=O) groups excluding carboxylic acids is 1. The topological polar surface area (TPSA) is 92.8 Å². The van der Waals surface area contributed by atoms with Gasteiger partial charge in [0.15, 0.2) is 5.82 Å². The Bertz CT molecular complexity index is 904. The minimum absolute atomic E-state index is 0.220. The fourth-order valence-electron chi connectivity index (χ4n) is 3.36. The first-order valence-corrected chi connectivity index (χ1v) is 9.17. The van der Waals surface area contributed by atoms with Gasteiger partial charge in [-0.1, -0.05) is 31.4 Å². The molecular formula is C20H21N5O2. The number of aromatic amines is 1. The molecule has 2 heterocycles. The monoisotopic (exact) mass is 363 g/mol. The van der Waals surface area contributed by atoms with Crippen LogP contribution in [0.3, 0.4) is 0 Å². The van der Waals surface area contributed by atoms with Gasteiger partial charge in [0.2, 0.25) is 0 Å². The highest BCUT2D eigenvalue weighted by Gasteiger charge is 2.17. The summed E-state index contributed by atoms with van der Waals surface area (Å²) in [6.07, 6.45) is 10.2. The quantitative estimate of drug-likeness (QED) is 0.732. The lowest BCUT2D eigenvalue weighted by molar-refractivity contribution is 0.192. The lowest BCUT2D eigenvalue weighted by Crippen LogP contribution is -2.37. The van der Waals surface area contributed by atoms with E-state index in [9.17, 15) is 4.79 Å². The van der Waals surface area contributed by atoms with Crippen molar-refractivity contribution in [3.05, 3.63) is 49.1 Å². The zero-order chi connectivity index (χ0) is 18.5. The molecule has 0 spiro atoms. The lowest BCUT2D eigenvalue weighted by Gasteiger charge is -2.22. The number of nitrogens with one attached hydrogen (secondary N) is 2. The third-order valence-corrected chi connectivity index (χ3v) is 4.73. The molecule has 1 aromatic carbocycles. The summed E-state index contributed by atoms with van der Waals surface area (Å²) in [7, 11) is 0. The summed E-state index contributed by atoms with van der Waals surface area (Å²) in [6.45, 7) is 0. The van der Waals surface area contributed by atoms with Gasteiger partial charge in [0.05, 0.1) is 0 Å². The molecule has 138 valence electrons. The molecule has 1 saturated carbocycles. The second-order valence-electron chi connectivity index (χ2n) is 6.69. The molecule has 27 heavy (non-hydrogen) atoms. The molecule has 2 N–H and O–H groups in total. The minimum atomic E-state index is -0.396. The third kappa shape index (κ3) is 4.31. The van der Waals surface area contributed by atoms with Crippen LogP contribution in [-0.4, -0.2) is 32.3 Å². The SMILES string of the molecule is O=C(NC1CCCCC1)Oc1cccc(-c2cncc(-c3ncn[nH]3)c2)c1. The smallest absolute Gasteiger partial charge is 0.410 e. The van der Waals surface area contributed by atoms with Crippen molar-refractivity contribution in [1.82, 2.24) is 25.5 Å². The molecule has 0 unspecified atom stereocenters. The van der Waals surface area contributed by atoms with E-state index in [0.717, 1.165) is 42.4 Å². The summed E-state index contributed by atoms with van der Waals surface area (Å²) >= 11 is 0. The zero-order valence-electron chi connectivity index (χ0n) is 14.9. The van der Waals surface area contributed by atoms with E-state index in [1.165, 1.54) is 12.7 Å². The second-order valence-corrected chi connectivity index (χ2v) is 6.69. The van der Waals surface area contributed by atoms with Gasteiger partial charge in [-0.15, -0.1) is 0 Å². The Morgan fingerprint density at radius 1 is 1.07 bits per heavy atom. The van der Waals surface area contributed by atoms with E-state index in [0.29, 0.717) is 11.6 Å². The van der Waals surface area contributed by atoms with Crippen LogP contribution in [0.2, 0.25) is 0 Å². The standard InChI is InChI=1S/C20H21N5O2/c26-20(24-17-6-2-1-3-7-17)27-18-8-4-5-14(10-18)15-9-16(12-21-11-15)19-22-13-23-25-19/h4-5,8-13,17H,1-3,6-7H2,(H,24,26)(H,22,23,25). The van der Waals surface area contributed by atoms with E-state index < -0.39 is 6.09 Å². The number of carbonyl (C=O) groups is 1. The number of benzene rings is 1. The van der Waals surface area contributed by atoms with Gasteiger partial charge >= 0.3 is 6.09 Å². The molecule has 1 aliphatic carbocycles. The molecule has 4 rings (SSSR count). The van der Waals surface area contributed by atoms with Gasteiger partial charge in [-0.3, -0.25) is 10.1 Å². The molecule has 3 aromatic rings. The molecular weight excluding hydrogens is 342 g/mol. The van der Waals surface area contributed by atoms with Crippen molar-refractivity contribution < 1.29 is 9.53 Å². The van der Waals surface area contributed by atoms with Crippen LogP contribution in [0.1, 0.15) is 32.1 Å². The first-order chi connectivity index (χ1) is 13.3. The Balaban J connectivity index is 1.47. The van der Waals surface area contributed by atoms with Gasteiger partial charge in [0, 0.05) is 29.6 Å². The number of H-pyrrole nitrogens is 1. The summed E-state index contributed by atoms with van der Waals surface area (Å²) in [5, 5.41) is 9.66. The van der Waals surface area contributed by atoms with Crippen molar-refractivity contribution in [3.8, 4) is 28.3 Å². The number of aromatic nitrogens is 4. The molecule has 0 bridgehead atoms. The zero-order valence-corrected chi connectivity index (χ0v) is 14.9. The van der Waals surface area contributed by atoms with Crippen molar-refractivity contribution in [1.29, 1.82) is 0 Å². The number of hydrogen-bond acceptors (Lipinski definition) is 5. The number of rotatable bonds is 4. The maximum absolute atomic E-state index is 12.2. The van der Waals surface area contributed by atoms with Crippen molar-refractivity contribution in [2.45, 2.75) is 38.1 Å². The summed E-state index contributed by atoms with van der Waals surface area (Å²) in [6, 6.07) is 9.61. The second kappa shape index (κ2) is 7.99. The maximum atomic E-state index is 12.2. The van der Waals surface area contributed by atoms with Gasteiger partial charge in [-0.2, -0.15) is 5.10 Å². The highest BCUT2D eigenvalue weighted by atomic mass is 16.6. The van der Waals surface area contributed by atoms with Crippen LogP contribution in [0, 0.1) is 0 Å². The molecule has 1 aliphatic rings. The lowest BCUT2D eigenvalue weighted by atomic mass is 9.96. The maximum Gasteiger partial charge on any atom is 0.412 e. The van der Waals surface area contributed by atoms with Gasteiger partial charge in [0.1, 0.15) is 12.1 Å². The third-order valence-electron chi connectivity index (χ3n) is 4.73. The highest BCUT2D eigenvalue weighted by Crippen LogP contribution is 2.26. The predicted molar refractivity (Wildman–Crippen MR) is 101 cm³/mol. The summed E-state index contributed by atoms with van der Waals surface area (Å²) < 4.78 is 5.48. The summed E-state index contributed by atoms with van der Waals surface area (Å²) in [4.78, 5) is 20.6. The largest absolute Gasteiger partial charge is 0.412 e. The first kappa shape index (κ1) is 17.2. The van der Waals surface area contributed by atoms with E-state index in [1.807, 2.05) is 24.3 Å². The number of hydrogen-bond donors (Lipinski definition) is 2. The molecule has 2 aromatic heterocycles. The Kier molecular flexibility index (Phi) is 5.09. The van der Waals surface area contributed by atoms with Crippen LogP contribution in [0.4, 0.5) is 4.79 Å². The Morgan fingerprint density at radius 3 is 2.74 bits per heavy atom. The van der Waals surface area contributed by atoms with E-state index in [-0.39, 0.29) is 6.04 Å². The van der Waals surface area contributed by atoms with Crippen molar-refractivity contribution in [2.75, 3.05) is 0 Å². The molecule has 0 saturated heterocycles. The average Bonchev–Trinajstić information content (AvgIpc) is 3.24. The number of ether oxygens (including phenoxy) is 1. The van der Waals surface area contributed by atoms with Crippen LogP contribution in [0.15, 0.2) is 49.1 Å². The first-order valence-electron chi connectivity index (χ1n) is 9.17. The van der Waals surface area contributed by atoms with E-state index in [1.54, 1.807) is 18.5 Å². The molecule has 1 amide bonds. The van der Waals surface area contributed by atoms with Gasteiger partial charge in [-0.05, 0) is 36.6 Å². The molecule has 0 atom stereocenters. The van der Waals surface area contributed by atoms with E-state index in [4.69, 9.17) is 4.74 Å². The Labute approximate surface area is 157 Å². The summed E-state index contributed by atoms with van der Waals surface area (Å²) in [5.74, 6) is 1.16. The van der Waals surface area contributed by atoms with Crippen LogP contribution in [0.25, 0.3) is 22.5 Å². The molecule has 1 fully saturated rings. The minimum Gasteiger partial charge on any atom is -0.410 e. The van der Waals surface area contributed by atoms with E-state index >= 15 is 0 Å². The Hall–Kier alpha value is -3.22. The predicted octanol–water partition coefficient (Wildman–Crippen LogP) is 3.95. The number of nitrogens with zero attached hydrogens (tertiary/aromatic N) is 3. The van der Waals surface area contributed by atoms with Crippen molar-refractivity contribution >= 4 is 6.09 Å². The van der Waals surface area contributed by atoms with Crippen LogP contribution in [-0.2, 0) is 0 Å². The molecule has 7 nitrogen and oxygen atoms in total. The number of amides is 1. The normalized spacial score (nSPS) is 14.7. The summed E-state index contributed by atoms with van der Waals surface area (Å²) in [5.41, 5.74) is 2.65. The Morgan fingerprint density at radius 2 is 1.93 bits per heavy atom. The van der Waals surface area contributed by atoms with Crippen molar-refractivity contribution in [3.63, 3.8) is 0 Å². The van der Waals surface area contributed by atoms with Crippen LogP contribution >= 0.6 is 0 Å². The fourth-order valence-corrected chi connectivity index (χ4v) is 3.36. The van der Waals surface area contributed by atoms with E-state index in [2.05, 4.69) is 25.5 Å². The molecule has 7 heteroatoms. The van der Waals surface area contributed by atoms with Crippen LogP contribution in [0.5, 0.6) is 5.75 Å². The van der Waals surface area contributed by atoms with Gasteiger partial charge in [-0.25, -0.2) is 9.78 Å². The highest BCUT2D eigenvalue weighted by molar-refractivity contribution is 5.73.